The summed E-state index contributed by atoms with van der Waals surface area (Å²) in [4.78, 5) is 6.62. The van der Waals surface area contributed by atoms with E-state index < -0.39 is 11.8 Å². The maximum atomic E-state index is 14.7. The summed E-state index contributed by atoms with van der Waals surface area (Å²) < 4.78 is 34.2. The standard InChI is InChI=1S/C21H21F2N3O/c22-16-7-5-15(6-8-16)19-17-4-2-1-3-14(17)9-10-26(19)20-25-11-18(27-20)21(23)12-24-13-21/h1-8,18-19,24H,9-13H2/t18-,19+/m1/s1. The molecule has 5 rings (SSSR count). The van der Waals surface area contributed by atoms with E-state index >= 15 is 0 Å². The minimum atomic E-state index is -1.34. The Hall–Kier alpha value is -2.47. The fourth-order valence-electron chi connectivity index (χ4n) is 4.16. The van der Waals surface area contributed by atoms with Crippen molar-refractivity contribution in [1.82, 2.24) is 10.2 Å². The number of amidine groups is 1. The molecule has 2 aromatic rings. The molecule has 2 aromatic carbocycles. The van der Waals surface area contributed by atoms with Gasteiger partial charge in [-0.15, -0.1) is 0 Å². The summed E-state index contributed by atoms with van der Waals surface area (Å²) in [5.41, 5.74) is 2.05. The van der Waals surface area contributed by atoms with Crippen molar-refractivity contribution >= 4 is 6.02 Å². The number of nitrogens with one attached hydrogen (secondary N) is 1. The van der Waals surface area contributed by atoms with Gasteiger partial charge in [-0.05, 0) is 35.2 Å². The molecule has 2 atom stereocenters. The first-order chi connectivity index (χ1) is 13.1. The quantitative estimate of drug-likeness (QED) is 0.885. The Balaban J connectivity index is 1.49. The van der Waals surface area contributed by atoms with Gasteiger partial charge in [-0.1, -0.05) is 36.4 Å². The summed E-state index contributed by atoms with van der Waals surface area (Å²) in [5.74, 6) is -0.263. The summed E-state index contributed by atoms with van der Waals surface area (Å²) >= 11 is 0. The molecular formula is C21H21F2N3O. The second-order valence-electron chi connectivity index (χ2n) is 7.46. The van der Waals surface area contributed by atoms with Gasteiger partial charge < -0.3 is 15.0 Å². The van der Waals surface area contributed by atoms with Crippen molar-refractivity contribution in [1.29, 1.82) is 0 Å². The van der Waals surface area contributed by atoms with Gasteiger partial charge in [0.1, 0.15) is 5.82 Å². The van der Waals surface area contributed by atoms with E-state index in [0.717, 1.165) is 24.1 Å². The van der Waals surface area contributed by atoms with Crippen LogP contribution in [0.5, 0.6) is 0 Å². The Kier molecular flexibility index (Phi) is 3.90. The number of halogens is 2. The minimum Gasteiger partial charge on any atom is -0.456 e. The van der Waals surface area contributed by atoms with Crippen LogP contribution >= 0.6 is 0 Å². The third kappa shape index (κ3) is 2.79. The Labute approximate surface area is 156 Å². The Bertz CT molecular complexity index is 879. The second-order valence-corrected chi connectivity index (χ2v) is 7.46. The van der Waals surface area contributed by atoms with Crippen molar-refractivity contribution in [2.45, 2.75) is 24.2 Å². The van der Waals surface area contributed by atoms with Crippen LogP contribution < -0.4 is 5.32 Å². The van der Waals surface area contributed by atoms with Crippen molar-refractivity contribution in [3.05, 3.63) is 71.0 Å². The van der Waals surface area contributed by atoms with E-state index in [1.807, 2.05) is 12.1 Å². The Morgan fingerprint density at radius 3 is 2.63 bits per heavy atom. The maximum Gasteiger partial charge on any atom is 0.288 e. The molecule has 27 heavy (non-hydrogen) atoms. The molecule has 0 radical (unpaired) electrons. The molecule has 3 aliphatic rings. The first-order valence-electron chi connectivity index (χ1n) is 9.35. The fourth-order valence-corrected chi connectivity index (χ4v) is 4.16. The highest BCUT2D eigenvalue weighted by molar-refractivity contribution is 5.77. The molecular weight excluding hydrogens is 348 g/mol. The van der Waals surface area contributed by atoms with Crippen LogP contribution in [0.1, 0.15) is 22.7 Å². The Morgan fingerprint density at radius 2 is 1.89 bits per heavy atom. The largest absolute Gasteiger partial charge is 0.456 e. The molecule has 0 unspecified atom stereocenters. The molecule has 1 fully saturated rings. The van der Waals surface area contributed by atoms with E-state index in [1.165, 1.54) is 17.7 Å². The molecule has 0 aliphatic carbocycles. The number of hydrogen-bond donors (Lipinski definition) is 1. The number of benzene rings is 2. The molecule has 0 aromatic heterocycles. The van der Waals surface area contributed by atoms with Crippen molar-refractivity contribution in [3.8, 4) is 0 Å². The third-order valence-electron chi connectivity index (χ3n) is 5.77. The zero-order chi connectivity index (χ0) is 18.4. The van der Waals surface area contributed by atoms with Crippen LogP contribution in [0.25, 0.3) is 0 Å². The fraction of sp³-hybridized carbons (Fsp3) is 0.381. The van der Waals surface area contributed by atoms with E-state index in [9.17, 15) is 8.78 Å². The van der Waals surface area contributed by atoms with Crippen LogP contribution in [0.3, 0.4) is 0 Å². The van der Waals surface area contributed by atoms with Crippen molar-refractivity contribution in [3.63, 3.8) is 0 Å². The van der Waals surface area contributed by atoms with E-state index in [4.69, 9.17) is 4.74 Å². The predicted molar refractivity (Wildman–Crippen MR) is 99.0 cm³/mol. The van der Waals surface area contributed by atoms with Gasteiger partial charge >= 0.3 is 0 Å². The smallest absolute Gasteiger partial charge is 0.288 e. The monoisotopic (exact) mass is 369 g/mol. The van der Waals surface area contributed by atoms with Crippen LogP contribution in [0, 0.1) is 5.82 Å². The van der Waals surface area contributed by atoms with Gasteiger partial charge in [0.15, 0.2) is 11.8 Å². The maximum absolute atomic E-state index is 14.7. The lowest BCUT2D eigenvalue weighted by atomic mass is 9.88. The lowest BCUT2D eigenvalue weighted by Gasteiger charge is -2.41. The molecule has 0 spiro atoms. The summed E-state index contributed by atoms with van der Waals surface area (Å²) in [7, 11) is 0. The number of aliphatic imine (C=N–C) groups is 1. The first-order valence-corrected chi connectivity index (χ1v) is 9.35. The molecule has 6 heteroatoms. The van der Waals surface area contributed by atoms with Gasteiger partial charge in [-0.2, -0.15) is 0 Å². The highest BCUT2D eigenvalue weighted by Gasteiger charge is 2.49. The second kappa shape index (κ2) is 6.30. The summed E-state index contributed by atoms with van der Waals surface area (Å²) in [6.07, 6.45) is 0.322. The molecule has 4 nitrogen and oxygen atoms in total. The lowest BCUT2D eigenvalue weighted by molar-refractivity contribution is -0.0284. The summed E-state index contributed by atoms with van der Waals surface area (Å²) in [6.45, 7) is 1.68. The molecule has 1 N–H and O–H groups in total. The third-order valence-corrected chi connectivity index (χ3v) is 5.77. The summed E-state index contributed by atoms with van der Waals surface area (Å²) in [6, 6.07) is 15.2. The number of alkyl halides is 1. The van der Waals surface area contributed by atoms with E-state index in [-0.39, 0.29) is 11.9 Å². The molecule has 0 bridgehead atoms. The van der Waals surface area contributed by atoms with Gasteiger partial charge in [-0.3, -0.25) is 0 Å². The van der Waals surface area contributed by atoms with Crippen molar-refractivity contribution in [2.75, 3.05) is 26.2 Å². The number of fused-ring (bicyclic) bond motifs is 1. The summed E-state index contributed by atoms with van der Waals surface area (Å²) in [5, 5.41) is 2.97. The van der Waals surface area contributed by atoms with Crippen LogP contribution in [0.4, 0.5) is 8.78 Å². The predicted octanol–water partition coefficient (Wildman–Crippen LogP) is 2.84. The van der Waals surface area contributed by atoms with Gasteiger partial charge in [0, 0.05) is 19.6 Å². The van der Waals surface area contributed by atoms with Crippen LogP contribution in [0.15, 0.2) is 53.5 Å². The molecule has 140 valence electrons. The highest BCUT2D eigenvalue weighted by atomic mass is 19.1. The van der Waals surface area contributed by atoms with E-state index in [0.29, 0.717) is 25.7 Å². The number of hydrogen-bond acceptors (Lipinski definition) is 4. The van der Waals surface area contributed by atoms with Gasteiger partial charge in [0.25, 0.3) is 6.02 Å². The van der Waals surface area contributed by atoms with Gasteiger partial charge in [0.2, 0.25) is 0 Å². The molecule has 3 heterocycles. The number of nitrogens with zero attached hydrogens (tertiary/aromatic N) is 2. The van der Waals surface area contributed by atoms with Gasteiger partial charge in [-0.25, -0.2) is 13.8 Å². The topological polar surface area (TPSA) is 36.9 Å². The average molecular weight is 369 g/mol. The van der Waals surface area contributed by atoms with Crippen LogP contribution in [0.2, 0.25) is 0 Å². The Morgan fingerprint density at radius 1 is 1.11 bits per heavy atom. The van der Waals surface area contributed by atoms with Crippen LogP contribution in [-0.4, -0.2) is 48.9 Å². The van der Waals surface area contributed by atoms with Crippen LogP contribution in [-0.2, 0) is 11.2 Å². The number of rotatable bonds is 2. The van der Waals surface area contributed by atoms with Gasteiger partial charge in [0.05, 0.1) is 12.6 Å². The molecule has 1 saturated heterocycles. The highest BCUT2D eigenvalue weighted by Crippen LogP contribution is 2.37. The minimum absolute atomic E-state index is 0.122. The number of ether oxygens (including phenoxy) is 1. The van der Waals surface area contributed by atoms with E-state index in [2.05, 4.69) is 27.3 Å². The zero-order valence-electron chi connectivity index (χ0n) is 14.9. The first kappa shape index (κ1) is 16.7. The SMILES string of the molecule is Fc1ccc([C@H]2c3ccccc3CCN2C2=NC[C@H](C3(F)CNC3)O2)cc1. The van der Waals surface area contributed by atoms with Crippen molar-refractivity contribution in [2.24, 2.45) is 4.99 Å². The van der Waals surface area contributed by atoms with Crippen molar-refractivity contribution < 1.29 is 13.5 Å². The van der Waals surface area contributed by atoms with E-state index in [1.54, 1.807) is 12.1 Å². The lowest BCUT2D eigenvalue weighted by Crippen LogP contribution is -2.64. The molecule has 0 saturated carbocycles. The molecule has 3 aliphatic heterocycles. The zero-order valence-corrected chi connectivity index (χ0v) is 14.9. The molecule has 0 amide bonds. The average Bonchev–Trinajstić information content (AvgIpc) is 3.16. The normalized spacial score (nSPS) is 26.0.